The minimum absolute atomic E-state index is 0.0242. The zero-order chi connectivity index (χ0) is 20.4. The van der Waals surface area contributed by atoms with Gasteiger partial charge in [-0.3, -0.25) is 24.3 Å². The summed E-state index contributed by atoms with van der Waals surface area (Å²) < 4.78 is 1.35. The second kappa shape index (κ2) is 8.00. The second-order valence-electron chi connectivity index (χ2n) is 6.80. The predicted molar refractivity (Wildman–Crippen MR) is 111 cm³/mol. The molecule has 1 aliphatic rings. The Morgan fingerprint density at radius 1 is 1.24 bits per heavy atom. The summed E-state index contributed by atoms with van der Waals surface area (Å²) in [6.07, 6.45) is 4.40. The van der Waals surface area contributed by atoms with Crippen molar-refractivity contribution in [3.8, 4) is 0 Å². The van der Waals surface area contributed by atoms with Gasteiger partial charge in [-0.05, 0) is 37.0 Å². The molecule has 2 aromatic heterocycles. The number of aromatic nitrogens is 2. The number of benzene rings is 1. The molecule has 0 bridgehead atoms. The minimum atomic E-state index is -0.456. The summed E-state index contributed by atoms with van der Waals surface area (Å²) in [6, 6.07) is 6.05. The van der Waals surface area contributed by atoms with Crippen LogP contribution in [0.15, 0.2) is 35.4 Å². The Hall–Kier alpha value is -3.27. The van der Waals surface area contributed by atoms with Gasteiger partial charge in [0.25, 0.3) is 11.2 Å². The van der Waals surface area contributed by atoms with E-state index in [1.807, 2.05) is 0 Å². The quantitative estimate of drug-likeness (QED) is 0.348. The minimum Gasteiger partial charge on any atom is -0.383 e. The van der Waals surface area contributed by atoms with Crippen LogP contribution in [0.1, 0.15) is 16.9 Å². The molecule has 0 fully saturated rings. The Morgan fingerprint density at radius 3 is 2.79 bits per heavy atom. The SMILES string of the molecule is O=C(Cn1cnc2sc3c(c2c1=O)CCC3)NCCNc1ccc([N+](=O)[O-])cc1. The van der Waals surface area contributed by atoms with Crippen molar-refractivity contribution >= 4 is 38.8 Å². The van der Waals surface area contributed by atoms with Gasteiger partial charge in [0.2, 0.25) is 5.91 Å². The van der Waals surface area contributed by atoms with Crippen molar-refractivity contribution in [3.05, 3.63) is 61.5 Å². The lowest BCUT2D eigenvalue weighted by atomic mass is 10.2. The molecule has 1 aromatic carbocycles. The molecule has 2 N–H and O–H groups in total. The monoisotopic (exact) mass is 413 g/mol. The first-order valence-electron chi connectivity index (χ1n) is 9.27. The number of anilines is 1. The van der Waals surface area contributed by atoms with Crippen LogP contribution >= 0.6 is 11.3 Å². The fourth-order valence-corrected chi connectivity index (χ4v) is 4.67. The van der Waals surface area contributed by atoms with Gasteiger partial charge in [0.05, 0.1) is 16.6 Å². The molecule has 0 unspecified atom stereocenters. The topological polar surface area (TPSA) is 119 Å². The smallest absolute Gasteiger partial charge is 0.269 e. The molecule has 0 aliphatic heterocycles. The molecule has 1 amide bonds. The number of carbonyl (C=O) groups is 1. The maximum atomic E-state index is 12.8. The number of aryl methyl sites for hydroxylation is 2. The number of rotatable bonds is 7. The van der Waals surface area contributed by atoms with Gasteiger partial charge in [0.1, 0.15) is 11.4 Å². The van der Waals surface area contributed by atoms with Crippen molar-refractivity contribution in [1.82, 2.24) is 14.9 Å². The molecule has 3 aromatic rings. The van der Waals surface area contributed by atoms with Crippen molar-refractivity contribution in [2.45, 2.75) is 25.8 Å². The van der Waals surface area contributed by atoms with Crippen LogP contribution in [-0.2, 0) is 24.2 Å². The lowest BCUT2D eigenvalue weighted by Gasteiger charge is -2.09. The van der Waals surface area contributed by atoms with E-state index in [1.165, 1.54) is 27.9 Å². The number of nitro benzene ring substituents is 1. The van der Waals surface area contributed by atoms with Crippen LogP contribution in [0.5, 0.6) is 0 Å². The van der Waals surface area contributed by atoms with Gasteiger partial charge in [-0.2, -0.15) is 0 Å². The summed E-state index contributed by atoms with van der Waals surface area (Å²) in [5.74, 6) is -0.273. The summed E-state index contributed by atoms with van der Waals surface area (Å²) in [5, 5.41) is 17.1. The number of hydrogen-bond donors (Lipinski definition) is 2. The van der Waals surface area contributed by atoms with Crippen LogP contribution in [0.4, 0.5) is 11.4 Å². The van der Waals surface area contributed by atoms with Crippen molar-refractivity contribution in [2.24, 2.45) is 0 Å². The maximum Gasteiger partial charge on any atom is 0.269 e. The van der Waals surface area contributed by atoms with Gasteiger partial charge in [0, 0.05) is 35.8 Å². The number of non-ortho nitro benzene ring substituents is 1. The van der Waals surface area contributed by atoms with E-state index in [1.54, 1.807) is 23.5 Å². The van der Waals surface area contributed by atoms with Crippen molar-refractivity contribution in [1.29, 1.82) is 0 Å². The molecule has 4 rings (SSSR count). The molecular formula is C19H19N5O4S. The molecule has 0 saturated carbocycles. The standard InChI is InChI=1S/C19H19N5O4S/c25-16(21-9-8-20-12-4-6-13(7-5-12)24(27)28)10-23-11-22-18-17(19(23)26)14-2-1-3-15(14)29-18/h4-7,11,20H,1-3,8-10H2,(H,21,25). The summed E-state index contributed by atoms with van der Waals surface area (Å²) in [4.78, 5) is 41.5. The molecular weight excluding hydrogens is 394 g/mol. The fourth-order valence-electron chi connectivity index (χ4n) is 3.45. The van der Waals surface area contributed by atoms with E-state index >= 15 is 0 Å². The molecule has 10 heteroatoms. The zero-order valence-electron chi connectivity index (χ0n) is 15.5. The number of hydrogen-bond acceptors (Lipinski definition) is 7. The van der Waals surface area contributed by atoms with Gasteiger partial charge >= 0.3 is 0 Å². The Kier molecular flexibility index (Phi) is 5.26. The van der Waals surface area contributed by atoms with E-state index in [0.29, 0.717) is 18.5 Å². The second-order valence-corrected chi connectivity index (χ2v) is 7.88. The molecule has 0 saturated heterocycles. The first-order valence-corrected chi connectivity index (χ1v) is 10.1. The number of nitro groups is 1. The maximum absolute atomic E-state index is 12.8. The Bertz CT molecular complexity index is 1140. The zero-order valence-corrected chi connectivity index (χ0v) is 16.3. The molecule has 9 nitrogen and oxygen atoms in total. The third-order valence-corrected chi connectivity index (χ3v) is 6.06. The van der Waals surface area contributed by atoms with E-state index in [0.717, 1.165) is 35.3 Å². The highest BCUT2D eigenvalue weighted by molar-refractivity contribution is 7.18. The number of carbonyl (C=O) groups excluding carboxylic acids is 1. The van der Waals surface area contributed by atoms with Gasteiger partial charge in [0.15, 0.2) is 0 Å². The Labute approximate surface area is 169 Å². The van der Waals surface area contributed by atoms with Gasteiger partial charge in [-0.25, -0.2) is 4.98 Å². The lowest BCUT2D eigenvalue weighted by molar-refractivity contribution is -0.384. The molecule has 2 heterocycles. The van der Waals surface area contributed by atoms with Crippen molar-refractivity contribution in [3.63, 3.8) is 0 Å². The summed E-state index contributed by atoms with van der Waals surface area (Å²) in [6.45, 7) is 0.728. The largest absolute Gasteiger partial charge is 0.383 e. The van der Waals surface area contributed by atoms with Crippen LogP contribution < -0.4 is 16.2 Å². The molecule has 150 valence electrons. The molecule has 29 heavy (non-hydrogen) atoms. The van der Waals surface area contributed by atoms with Crippen molar-refractivity contribution < 1.29 is 9.72 Å². The Morgan fingerprint density at radius 2 is 2.03 bits per heavy atom. The Balaban J connectivity index is 1.31. The first-order chi connectivity index (χ1) is 14.0. The predicted octanol–water partition coefficient (Wildman–Crippen LogP) is 2.08. The highest BCUT2D eigenvalue weighted by atomic mass is 32.1. The lowest BCUT2D eigenvalue weighted by Crippen LogP contribution is -2.34. The fraction of sp³-hybridized carbons (Fsp3) is 0.316. The molecule has 0 radical (unpaired) electrons. The van der Waals surface area contributed by atoms with E-state index in [-0.39, 0.29) is 23.7 Å². The highest BCUT2D eigenvalue weighted by Crippen LogP contribution is 2.34. The first kappa shape index (κ1) is 19.1. The van der Waals surface area contributed by atoms with E-state index < -0.39 is 4.92 Å². The van der Waals surface area contributed by atoms with Crippen LogP contribution in [0.25, 0.3) is 10.2 Å². The normalized spacial score (nSPS) is 12.7. The van der Waals surface area contributed by atoms with Gasteiger partial charge in [-0.15, -0.1) is 11.3 Å². The van der Waals surface area contributed by atoms with Crippen LogP contribution in [-0.4, -0.2) is 33.5 Å². The highest BCUT2D eigenvalue weighted by Gasteiger charge is 2.21. The molecule has 0 atom stereocenters. The third-order valence-electron chi connectivity index (χ3n) is 4.86. The van der Waals surface area contributed by atoms with Gasteiger partial charge in [-0.1, -0.05) is 0 Å². The third kappa shape index (κ3) is 3.97. The van der Waals surface area contributed by atoms with E-state index in [2.05, 4.69) is 15.6 Å². The van der Waals surface area contributed by atoms with E-state index in [4.69, 9.17) is 0 Å². The number of nitrogens with zero attached hydrogens (tertiary/aromatic N) is 3. The average molecular weight is 413 g/mol. The average Bonchev–Trinajstić information content (AvgIpc) is 3.29. The molecule has 1 aliphatic carbocycles. The molecule has 0 spiro atoms. The summed E-state index contributed by atoms with van der Waals surface area (Å²) in [5.41, 5.74) is 1.69. The van der Waals surface area contributed by atoms with Crippen LogP contribution in [0.3, 0.4) is 0 Å². The number of thiophene rings is 1. The van der Waals surface area contributed by atoms with Gasteiger partial charge < -0.3 is 10.6 Å². The number of fused-ring (bicyclic) bond motifs is 3. The number of nitrogens with one attached hydrogen (secondary N) is 2. The van der Waals surface area contributed by atoms with Crippen LogP contribution in [0.2, 0.25) is 0 Å². The summed E-state index contributed by atoms with van der Waals surface area (Å²) in [7, 11) is 0. The summed E-state index contributed by atoms with van der Waals surface area (Å²) >= 11 is 1.57. The van der Waals surface area contributed by atoms with E-state index in [9.17, 15) is 19.7 Å². The number of amides is 1. The van der Waals surface area contributed by atoms with Crippen LogP contribution in [0, 0.1) is 10.1 Å². The van der Waals surface area contributed by atoms with Crippen molar-refractivity contribution in [2.75, 3.05) is 18.4 Å².